The van der Waals surface area contributed by atoms with E-state index in [1.165, 1.54) is 75.6 Å². The standard InChI is InChI=1S/C21H36NO5P/c1-2-3-4-5-6-7-8-9-10-11-12-13-20(23)22-19-16-14-18(15-17-19)21(24)28(25,26)27/h14-17,21,24H,2-13H2,1H3,(H,22,23)(H2,25,26,27). The van der Waals surface area contributed by atoms with Crippen molar-refractivity contribution >= 4 is 19.2 Å². The van der Waals surface area contributed by atoms with Crippen molar-refractivity contribution in [3.8, 4) is 0 Å². The lowest BCUT2D eigenvalue weighted by Gasteiger charge is -2.13. The Labute approximate surface area is 168 Å². The molecule has 0 bridgehead atoms. The van der Waals surface area contributed by atoms with Crippen molar-refractivity contribution in [2.45, 2.75) is 89.8 Å². The first kappa shape index (κ1) is 24.8. The molecule has 1 rings (SSSR count). The van der Waals surface area contributed by atoms with Crippen molar-refractivity contribution < 1.29 is 24.3 Å². The molecule has 1 amide bonds. The Hall–Kier alpha value is -1.20. The molecule has 0 aliphatic carbocycles. The van der Waals surface area contributed by atoms with E-state index in [9.17, 15) is 14.5 Å². The minimum Gasteiger partial charge on any atom is -0.376 e. The summed E-state index contributed by atoms with van der Waals surface area (Å²) in [5.74, 6) is -1.91. The summed E-state index contributed by atoms with van der Waals surface area (Å²) in [6.07, 6.45) is 14.1. The Morgan fingerprint density at radius 3 is 1.82 bits per heavy atom. The number of hydrogen-bond acceptors (Lipinski definition) is 3. The van der Waals surface area contributed by atoms with Crippen LogP contribution in [0.2, 0.25) is 0 Å². The minimum atomic E-state index is -4.59. The van der Waals surface area contributed by atoms with Crippen LogP contribution in [0.5, 0.6) is 0 Å². The molecule has 1 aromatic carbocycles. The van der Waals surface area contributed by atoms with Crippen LogP contribution in [0.3, 0.4) is 0 Å². The normalized spacial score (nSPS) is 12.7. The molecule has 7 heteroatoms. The molecule has 1 atom stereocenters. The third kappa shape index (κ3) is 11.0. The maximum absolute atomic E-state index is 12.0. The van der Waals surface area contributed by atoms with E-state index >= 15 is 0 Å². The van der Waals surface area contributed by atoms with Crippen molar-refractivity contribution in [1.82, 2.24) is 0 Å². The first-order chi connectivity index (χ1) is 13.3. The van der Waals surface area contributed by atoms with Gasteiger partial charge in [0.05, 0.1) is 0 Å². The van der Waals surface area contributed by atoms with Gasteiger partial charge in [-0.15, -0.1) is 0 Å². The molecule has 0 radical (unpaired) electrons. The van der Waals surface area contributed by atoms with Gasteiger partial charge in [0.15, 0.2) is 5.85 Å². The fourth-order valence-corrected chi connectivity index (χ4v) is 3.67. The largest absolute Gasteiger partial charge is 0.376 e. The number of aliphatic hydroxyl groups is 1. The highest BCUT2D eigenvalue weighted by atomic mass is 31.2. The van der Waals surface area contributed by atoms with Crippen LogP contribution in [0.25, 0.3) is 0 Å². The predicted molar refractivity (Wildman–Crippen MR) is 113 cm³/mol. The van der Waals surface area contributed by atoms with Gasteiger partial charge in [-0.1, -0.05) is 83.3 Å². The molecular weight excluding hydrogens is 377 g/mol. The summed E-state index contributed by atoms with van der Waals surface area (Å²) in [4.78, 5) is 29.9. The molecule has 4 N–H and O–H groups in total. The van der Waals surface area contributed by atoms with Crippen molar-refractivity contribution in [3.63, 3.8) is 0 Å². The topological polar surface area (TPSA) is 107 Å². The van der Waals surface area contributed by atoms with Gasteiger partial charge >= 0.3 is 7.60 Å². The second-order valence-corrected chi connectivity index (χ2v) is 9.09. The molecule has 6 nitrogen and oxygen atoms in total. The molecule has 0 heterocycles. The van der Waals surface area contributed by atoms with E-state index in [2.05, 4.69) is 12.2 Å². The monoisotopic (exact) mass is 413 g/mol. The Kier molecular flexibility index (Phi) is 12.3. The van der Waals surface area contributed by atoms with Crippen molar-refractivity contribution in [2.24, 2.45) is 0 Å². The molecule has 28 heavy (non-hydrogen) atoms. The summed E-state index contributed by atoms with van der Waals surface area (Å²) in [6, 6.07) is 5.88. The van der Waals surface area contributed by atoms with Gasteiger partial charge in [0.2, 0.25) is 5.91 Å². The molecule has 0 aliphatic heterocycles. The maximum Gasteiger partial charge on any atom is 0.358 e. The van der Waals surface area contributed by atoms with E-state index in [0.717, 1.165) is 19.3 Å². The average molecular weight is 413 g/mol. The van der Waals surface area contributed by atoms with Crippen molar-refractivity contribution in [1.29, 1.82) is 0 Å². The molecule has 0 saturated heterocycles. The number of benzene rings is 1. The van der Waals surface area contributed by atoms with Crippen molar-refractivity contribution in [3.05, 3.63) is 29.8 Å². The number of carbonyl (C=O) groups is 1. The quantitative estimate of drug-likeness (QED) is 0.224. The van der Waals surface area contributed by atoms with Gasteiger partial charge in [-0.2, -0.15) is 0 Å². The summed E-state index contributed by atoms with van der Waals surface area (Å²) in [5.41, 5.74) is 0.673. The van der Waals surface area contributed by atoms with Crippen LogP contribution in [-0.4, -0.2) is 20.8 Å². The average Bonchev–Trinajstić information content (AvgIpc) is 2.65. The molecule has 0 aliphatic rings. The number of anilines is 1. The maximum atomic E-state index is 12.0. The Morgan fingerprint density at radius 1 is 0.893 bits per heavy atom. The Bertz CT molecular complexity index is 599. The molecule has 0 saturated carbocycles. The molecule has 160 valence electrons. The zero-order chi connectivity index (χ0) is 20.8. The Balaban J connectivity index is 2.11. The van der Waals surface area contributed by atoms with Crippen LogP contribution in [0, 0.1) is 0 Å². The summed E-state index contributed by atoms with van der Waals surface area (Å²) < 4.78 is 11.1. The lowest BCUT2D eigenvalue weighted by Crippen LogP contribution is -2.11. The summed E-state index contributed by atoms with van der Waals surface area (Å²) in [5, 5.41) is 12.3. The fourth-order valence-electron chi connectivity index (χ4n) is 3.11. The molecule has 1 aromatic rings. The number of hydrogen-bond donors (Lipinski definition) is 4. The summed E-state index contributed by atoms with van der Waals surface area (Å²) >= 11 is 0. The Morgan fingerprint density at radius 2 is 1.36 bits per heavy atom. The smallest absolute Gasteiger partial charge is 0.358 e. The van der Waals surface area contributed by atoms with E-state index in [4.69, 9.17) is 9.79 Å². The summed E-state index contributed by atoms with van der Waals surface area (Å²) in [6.45, 7) is 2.23. The first-order valence-corrected chi connectivity index (χ1v) is 12.2. The fraction of sp³-hybridized carbons (Fsp3) is 0.667. The van der Waals surface area contributed by atoms with Crippen LogP contribution < -0.4 is 5.32 Å². The number of nitrogens with one attached hydrogen (secondary N) is 1. The lowest BCUT2D eigenvalue weighted by atomic mass is 10.1. The minimum absolute atomic E-state index is 0.0702. The van der Waals surface area contributed by atoms with E-state index in [-0.39, 0.29) is 11.5 Å². The number of unbranched alkanes of at least 4 members (excludes halogenated alkanes) is 10. The van der Waals surface area contributed by atoms with Crippen LogP contribution in [0.1, 0.15) is 95.4 Å². The molecule has 0 spiro atoms. The number of aliphatic hydroxyl groups excluding tert-OH is 1. The van der Waals surface area contributed by atoms with Gasteiger partial charge in [-0.3, -0.25) is 9.36 Å². The number of amides is 1. The zero-order valence-corrected chi connectivity index (χ0v) is 17.9. The zero-order valence-electron chi connectivity index (χ0n) is 17.0. The first-order valence-electron chi connectivity index (χ1n) is 10.5. The highest BCUT2D eigenvalue weighted by Crippen LogP contribution is 2.49. The van der Waals surface area contributed by atoms with Crippen LogP contribution in [0.15, 0.2) is 24.3 Å². The van der Waals surface area contributed by atoms with E-state index < -0.39 is 13.4 Å². The van der Waals surface area contributed by atoms with Crippen LogP contribution >= 0.6 is 7.60 Å². The molecule has 0 fully saturated rings. The second-order valence-electron chi connectivity index (χ2n) is 7.42. The lowest BCUT2D eigenvalue weighted by molar-refractivity contribution is -0.116. The third-order valence-corrected chi connectivity index (χ3v) is 5.75. The van der Waals surface area contributed by atoms with Gasteiger partial charge in [0.1, 0.15) is 0 Å². The third-order valence-electron chi connectivity index (χ3n) is 4.82. The van der Waals surface area contributed by atoms with Gasteiger partial charge < -0.3 is 20.2 Å². The number of carbonyl (C=O) groups excluding carboxylic acids is 1. The predicted octanol–water partition coefficient (Wildman–Crippen LogP) is 5.49. The highest BCUT2D eigenvalue weighted by Gasteiger charge is 2.27. The summed E-state index contributed by atoms with van der Waals surface area (Å²) in [7, 11) is -4.59. The van der Waals surface area contributed by atoms with Gasteiger partial charge in [-0.05, 0) is 24.1 Å². The molecule has 1 unspecified atom stereocenters. The van der Waals surface area contributed by atoms with Gasteiger partial charge in [-0.25, -0.2) is 0 Å². The number of rotatable bonds is 15. The van der Waals surface area contributed by atoms with Crippen LogP contribution in [-0.2, 0) is 9.36 Å². The van der Waals surface area contributed by atoms with Gasteiger partial charge in [0.25, 0.3) is 0 Å². The second kappa shape index (κ2) is 13.9. The SMILES string of the molecule is CCCCCCCCCCCCCC(=O)Nc1ccc(C(O)P(=O)(O)O)cc1. The molecule has 0 aromatic heterocycles. The van der Waals surface area contributed by atoms with E-state index in [0.29, 0.717) is 12.1 Å². The molecular formula is C21H36NO5P. The van der Waals surface area contributed by atoms with E-state index in [1.807, 2.05) is 0 Å². The van der Waals surface area contributed by atoms with Crippen LogP contribution in [0.4, 0.5) is 5.69 Å². The highest BCUT2D eigenvalue weighted by molar-refractivity contribution is 7.51. The van der Waals surface area contributed by atoms with Crippen molar-refractivity contribution in [2.75, 3.05) is 5.32 Å². The van der Waals surface area contributed by atoms with E-state index in [1.54, 1.807) is 0 Å². The van der Waals surface area contributed by atoms with Gasteiger partial charge in [0, 0.05) is 12.1 Å².